The SMILES string of the molecule is O=C(C=Cc1ccco1)NCCCc1nc2ccccc2s1. The predicted octanol–water partition coefficient (Wildman–Crippen LogP) is 3.65. The number of furan rings is 1. The Kier molecular flexibility index (Phi) is 4.65. The van der Waals surface area contributed by atoms with Crippen LogP contribution >= 0.6 is 11.3 Å². The van der Waals surface area contributed by atoms with Crippen LogP contribution in [-0.4, -0.2) is 17.4 Å². The second-order valence-electron chi connectivity index (χ2n) is 4.82. The molecule has 112 valence electrons. The van der Waals surface area contributed by atoms with E-state index in [4.69, 9.17) is 4.42 Å². The summed E-state index contributed by atoms with van der Waals surface area (Å²) in [6.45, 7) is 0.636. The van der Waals surface area contributed by atoms with Crippen LogP contribution in [0.5, 0.6) is 0 Å². The van der Waals surface area contributed by atoms with Gasteiger partial charge < -0.3 is 9.73 Å². The largest absolute Gasteiger partial charge is 0.465 e. The van der Waals surface area contributed by atoms with Crippen LogP contribution in [0.25, 0.3) is 16.3 Å². The van der Waals surface area contributed by atoms with Crippen molar-refractivity contribution >= 4 is 33.5 Å². The van der Waals surface area contributed by atoms with E-state index in [2.05, 4.69) is 16.4 Å². The zero-order valence-corrected chi connectivity index (χ0v) is 12.8. The van der Waals surface area contributed by atoms with Gasteiger partial charge in [0.1, 0.15) is 5.76 Å². The number of nitrogens with zero attached hydrogens (tertiary/aromatic N) is 1. The second kappa shape index (κ2) is 7.04. The Balaban J connectivity index is 1.42. The summed E-state index contributed by atoms with van der Waals surface area (Å²) >= 11 is 1.71. The fourth-order valence-corrected chi connectivity index (χ4v) is 3.09. The molecule has 0 bridgehead atoms. The van der Waals surface area contributed by atoms with Gasteiger partial charge >= 0.3 is 0 Å². The molecule has 0 saturated heterocycles. The van der Waals surface area contributed by atoms with Gasteiger partial charge in [-0.2, -0.15) is 0 Å². The average molecular weight is 312 g/mol. The summed E-state index contributed by atoms with van der Waals surface area (Å²) in [5.74, 6) is 0.560. The van der Waals surface area contributed by atoms with Gasteiger partial charge in [0.25, 0.3) is 0 Å². The van der Waals surface area contributed by atoms with Crippen LogP contribution in [0.2, 0.25) is 0 Å². The minimum Gasteiger partial charge on any atom is -0.465 e. The predicted molar refractivity (Wildman–Crippen MR) is 88.7 cm³/mol. The molecule has 0 fully saturated rings. The molecule has 0 atom stereocenters. The molecule has 0 aliphatic rings. The minimum absolute atomic E-state index is 0.110. The zero-order chi connectivity index (χ0) is 15.2. The van der Waals surface area contributed by atoms with E-state index in [9.17, 15) is 4.79 Å². The van der Waals surface area contributed by atoms with E-state index in [1.165, 1.54) is 10.8 Å². The second-order valence-corrected chi connectivity index (χ2v) is 5.93. The van der Waals surface area contributed by atoms with Crippen molar-refractivity contribution in [2.75, 3.05) is 6.54 Å². The van der Waals surface area contributed by atoms with E-state index < -0.39 is 0 Å². The van der Waals surface area contributed by atoms with Crippen LogP contribution in [-0.2, 0) is 11.2 Å². The number of nitrogens with one attached hydrogen (secondary N) is 1. The Hall–Kier alpha value is -2.40. The summed E-state index contributed by atoms with van der Waals surface area (Å²) in [7, 11) is 0. The lowest BCUT2D eigenvalue weighted by Crippen LogP contribution is -2.22. The smallest absolute Gasteiger partial charge is 0.244 e. The van der Waals surface area contributed by atoms with Gasteiger partial charge in [-0.1, -0.05) is 12.1 Å². The van der Waals surface area contributed by atoms with Crippen LogP contribution in [0.3, 0.4) is 0 Å². The number of aromatic nitrogens is 1. The maximum Gasteiger partial charge on any atom is 0.244 e. The molecule has 0 unspecified atom stereocenters. The number of amides is 1. The highest BCUT2D eigenvalue weighted by molar-refractivity contribution is 7.18. The molecule has 0 aliphatic heterocycles. The van der Waals surface area contributed by atoms with Crippen LogP contribution in [0.4, 0.5) is 0 Å². The van der Waals surface area contributed by atoms with E-state index >= 15 is 0 Å². The normalized spacial score (nSPS) is 11.3. The number of hydrogen-bond acceptors (Lipinski definition) is 4. The van der Waals surface area contributed by atoms with Crippen molar-refractivity contribution in [1.29, 1.82) is 0 Å². The Labute approximate surface area is 132 Å². The summed E-state index contributed by atoms with van der Waals surface area (Å²) < 4.78 is 6.33. The van der Waals surface area contributed by atoms with Crippen molar-refractivity contribution in [3.05, 3.63) is 59.5 Å². The van der Waals surface area contributed by atoms with Gasteiger partial charge in [-0.3, -0.25) is 4.79 Å². The third kappa shape index (κ3) is 3.83. The standard InChI is InChI=1S/C17H16N2O2S/c20-16(10-9-13-5-4-12-21-13)18-11-3-8-17-19-14-6-1-2-7-15(14)22-17/h1-2,4-7,9-10,12H,3,8,11H2,(H,18,20). The molecule has 3 rings (SSSR count). The Morgan fingerprint density at radius 1 is 1.27 bits per heavy atom. The molecule has 0 saturated carbocycles. The monoisotopic (exact) mass is 312 g/mol. The number of hydrogen-bond donors (Lipinski definition) is 1. The molecule has 5 heteroatoms. The molecule has 2 heterocycles. The van der Waals surface area contributed by atoms with Crippen molar-refractivity contribution in [3.63, 3.8) is 0 Å². The van der Waals surface area contributed by atoms with E-state index in [0.717, 1.165) is 23.4 Å². The third-order valence-electron chi connectivity index (χ3n) is 3.15. The van der Waals surface area contributed by atoms with Crippen molar-refractivity contribution in [1.82, 2.24) is 10.3 Å². The van der Waals surface area contributed by atoms with E-state index in [1.807, 2.05) is 18.2 Å². The molecule has 0 spiro atoms. The highest BCUT2D eigenvalue weighted by Crippen LogP contribution is 2.22. The molecule has 1 N–H and O–H groups in total. The summed E-state index contributed by atoms with van der Waals surface area (Å²) in [5, 5.41) is 3.97. The molecule has 0 aliphatic carbocycles. The molecular formula is C17H16N2O2S. The number of carbonyl (C=O) groups is 1. The van der Waals surface area contributed by atoms with Crippen molar-refractivity contribution < 1.29 is 9.21 Å². The van der Waals surface area contributed by atoms with Gasteiger partial charge in [-0.15, -0.1) is 11.3 Å². The van der Waals surface area contributed by atoms with E-state index in [-0.39, 0.29) is 5.91 Å². The fourth-order valence-electron chi connectivity index (χ4n) is 2.08. The minimum atomic E-state index is -0.110. The van der Waals surface area contributed by atoms with Crippen molar-refractivity contribution in [2.24, 2.45) is 0 Å². The number of rotatable bonds is 6. The van der Waals surface area contributed by atoms with E-state index in [0.29, 0.717) is 12.3 Å². The molecule has 3 aromatic rings. The maximum absolute atomic E-state index is 11.6. The zero-order valence-electron chi connectivity index (χ0n) is 12.0. The lowest BCUT2D eigenvalue weighted by molar-refractivity contribution is -0.116. The molecule has 1 aromatic carbocycles. The molecule has 2 aromatic heterocycles. The highest BCUT2D eigenvalue weighted by atomic mass is 32.1. The number of aryl methyl sites for hydroxylation is 1. The summed E-state index contributed by atoms with van der Waals surface area (Å²) in [6.07, 6.45) is 6.47. The van der Waals surface area contributed by atoms with Gasteiger partial charge in [0.15, 0.2) is 0 Å². The Bertz CT molecular complexity index is 742. The van der Waals surface area contributed by atoms with Crippen molar-refractivity contribution in [2.45, 2.75) is 12.8 Å². The van der Waals surface area contributed by atoms with Crippen LogP contribution in [0.15, 0.2) is 53.2 Å². The average Bonchev–Trinajstić information content (AvgIpc) is 3.18. The first-order chi connectivity index (χ1) is 10.8. The van der Waals surface area contributed by atoms with Crippen LogP contribution in [0.1, 0.15) is 17.2 Å². The lowest BCUT2D eigenvalue weighted by Gasteiger charge is -2.00. The topological polar surface area (TPSA) is 55.1 Å². The third-order valence-corrected chi connectivity index (χ3v) is 4.24. The number of fused-ring (bicyclic) bond motifs is 1. The lowest BCUT2D eigenvalue weighted by atomic mass is 10.3. The quantitative estimate of drug-likeness (QED) is 0.558. The van der Waals surface area contributed by atoms with Crippen LogP contribution < -0.4 is 5.32 Å². The Morgan fingerprint density at radius 3 is 3.00 bits per heavy atom. The Morgan fingerprint density at radius 2 is 2.18 bits per heavy atom. The van der Waals surface area contributed by atoms with Gasteiger partial charge in [0, 0.05) is 19.0 Å². The fraction of sp³-hybridized carbons (Fsp3) is 0.176. The molecule has 22 heavy (non-hydrogen) atoms. The van der Waals surface area contributed by atoms with Gasteiger partial charge in [-0.05, 0) is 36.8 Å². The molecule has 0 radical (unpaired) electrons. The first-order valence-corrected chi connectivity index (χ1v) is 7.97. The number of para-hydroxylation sites is 1. The van der Waals surface area contributed by atoms with Crippen molar-refractivity contribution in [3.8, 4) is 0 Å². The summed E-state index contributed by atoms with van der Waals surface area (Å²) in [6, 6.07) is 11.7. The maximum atomic E-state index is 11.6. The van der Waals surface area contributed by atoms with Gasteiger partial charge in [0.2, 0.25) is 5.91 Å². The molecule has 1 amide bonds. The van der Waals surface area contributed by atoms with E-state index in [1.54, 1.807) is 35.8 Å². The summed E-state index contributed by atoms with van der Waals surface area (Å²) in [5.41, 5.74) is 1.05. The highest BCUT2D eigenvalue weighted by Gasteiger charge is 2.03. The molecule has 4 nitrogen and oxygen atoms in total. The first kappa shape index (κ1) is 14.5. The van der Waals surface area contributed by atoms with Gasteiger partial charge in [-0.25, -0.2) is 4.98 Å². The van der Waals surface area contributed by atoms with Crippen LogP contribution in [0, 0.1) is 0 Å². The molecular weight excluding hydrogens is 296 g/mol. The summed E-state index contributed by atoms with van der Waals surface area (Å²) in [4.78, 5) is 16.2. The number of carbonyl (C=O) groups excluding carboxylic acids is 1. The van der Waals surface area contributed by atoms with Gasteiger partial charge in [0.05, 0.1) is 21.5 Å². The first-order valence-electron chi connectivity index (χ1n) is 7.15. The number of thiazole rings is 1. The number of benzene rings is 1.